The van der Waals surface area contributed by atoms with Crippen molar-refractivity contribution in [3.63, 3.8) is 0 Å². The number of carbonyl (C=O) groups excluding carboxylic acids is 2. The van der Waals surface area contributed by atoms with Crippen molar-refractivity contribution in [1.82, 2.24) is 19.5 Å². The van der Waals surface area contributed by atoms with Gasteiger partial charge in [0.1, 0.15) is 0 Å². The number of alkyl halides is 3. The number of nitrogens with one attached hydrogen (secondary N) is 1. The van der Waals surface area contributed by atoms with Gasteiger partial charge < -0.3 is 14.8 Å². The predicted octanol–water partition coefficient (Wildman–Crippen LogP) is 3.71. The van der Waals surface area contributed by atoms with Crippen molar-refractivity contribution < 1.29 is 45.7 Å². The molecule has 17 heteroatoms. The van der Waals surface area contributed by atoms with Gasteiger partial charge in [0.25, 0.3) is 16.8 Å². The number of hydrogen-bond acceptors (Lipinski definition) is 9. The summed E-state index contributed by atoms with van der Waals surface area (Å²) >= 11 is 0. The Hall–Kier alpha value is -4.67. The summed E-state index contributed by atoms with van der Waals surface area (Å²) in [5, 5.41) is 19.5. The molecule has 0 aliphatic rings. The molecule has 0 radical (unpaired) electrons. The molecule has 0 aliphatic carbocycles. The molecule has 1 heterocycles. The SMILES string of the molecule is CCC(=O)OCON=[N+]([O-])N(C)CCC(=O)NS(=O)(=O)c1ccc(-n2nc(C(F)(F)F)cc2-c2ccc(C)cc2)cc1. The number of aryl methyl sites for hydroxylation is 1. The molecule has 2 aromatic carbocycles. The summed E-state index contributed by atoms with van der Waals surface area (Å²) in [5.41, 5.74) is 0.544. The fourth-order valence-corrected chi connectivity index (χ4v) is 4.37. The lowest BCUT2D eigenvalue weighted by Crippen LogP contribution is -2.35. The number of sulfonamides is 1. The molecule has 1 amide bonds. The Balaban J connectivity index is 1.68. The van der Waals surface area contributed by atoms with Gasteiger partial charge in [-0.2, -0.15) is 18.3 Å². The van der Waals surface area contributed by atoms with Gasteiger partial charge >= 0.3 is 12.1 Å². The quantitative estimate of drug-likeness (QED) is 0.0804. The van der Waals surface area contributed by atoms with E-state index in [0.29, 0.717) is 5.56 Å². The van der Waals surface area contributed by atoms with Crippen LogP contribution in [0.2, 0.25) is 0 Å². The van der Waals surface area contributed by atoms with E-state index in [9.17, 15) is 36.4 Å². The van der Waals surface area contributed by atoms with Crippen molar-refractivity contribution in [2.75, 3.05) is 20.4 Å². The third-order valence-corrected chi connectivity index (χ3v) is 7.02. The Morgan fingerprint density at radius 2 is 1.79 bits per heavy atom. The maximum atomic E-state index is 13.4. The molecular weight excluding hydrogens is 585 g/mol. The molecule has 0 fully saturated rings. The van der Waals surface area contributed by atoms with Crippen molar-refractivity contribution in [3.05, 3.63) is 71.1 Å². The van der Waals surface area contributed by atoms with Gasteiger partial charge in [0.05, 0.1) is 41.3 Å². The van der Waals surface area contributed by atoms with Crippen LogP contribution >= 0.6 is 0 Å². The van der Waals surface area contributed by atoms with Gasteiger partial charge in [-0.1, -0.05) is 36.8 Å². The number of esters is 1. The zero-order chi connectivity index (χ0) is 31.1. The molecule has 0 saturated carbocycles. The normalized spacial score (nSPS) is 12.1. The largest absolute Gasteiger partial charge is 0.569 e. The van der Waals surface area contributed by atoms with E-state index in [-0.39, 0.29) is 34.2 Å². The van der Waals surface area contributed by atoms with Crippen molar-refractivity contribution >= 4 is 21.9 Å². The highest BCUT2D eigenvalue weighted by Gasteiger charge is 2.35. The van der Waals surface area contributed by atoms with E-state index in [2.05, 4.69) is 20.0 Å². The molecule has 0 saturated heterocycles. The number of nitrogens with zero attached hydrogens (tertiary/aromatic N) is 5. The second-order valence-corrected chi connectivity index (χ2v) is 10.5. The fraction of sp³-hybridized carbons (Fsp3) is 0.320. The molecule has 3 aromatic rings. The molecule has 3 rings (SSSR count). The Morgan fingerprint density at radius 1 is 1.14 bits per heavy atom. The summed E-state index contributed by atoms with van der Waals surface area (Å²) in [6.07, 6.45) is -5.03. The summed E-state index contributed by atoms with van der Waals surface area (Å²) in [6, 6.07) is 12.4. The molecule has 0 spiro atoms. The van der Waals surface area contributed by atoms with Gasteiger partial charge in [0, 0.05) is 12.0 Å². The monoisotopic (exact) mass is 612 g/mol. The number of amides is 1. The zero-order valence-corrected chi connectivity index (χ0v) is 23.5. The molecule has 42 heavy (non-hydrogen) atoms. The number of rotatable bonds is 12. The van der Waals surface area contributed by atoms with Crippen molar-refractivity contribution in [1.29, 1.82) is 0 Å². The van der Waals surface area contributed by atoms with Gasteiger partial charge in [-0.15, -0.1) is 5.01 Å². The highest BCUT2D eigenvalue weighted by molar-refractivity contribution is 7.90. The number of ether oxygens (including phenoxy) is 1. The van der Waals surface area contributed by atoms with E-state index in [1.165, 1.54) is 19.2 Å². The lowest BCUT2D eigenvalue weighted by atomic mass is 10.1. The average Bonchev–Trinajstić information content (AvgIpc) is 3.40. The smallest absolute Gasteiger partial charge is 0.435 e. The van der Waals surface area contributed by atoms with Crippen LogP contribution in [-0.4, -0.2) is 60.4 Å². The third kappa shape index (κ3) is 8.42. The minimum atomic E-state index is -4.71. The Kier molecular flexibility index (Phi) is 10.1. The summed E-state index contributed by atoms with van der Waals surface area (Å²) in [5.74, 6) is -1.51. The van der Waals surface area contributed by atoms with E-state index in [0.717, 1.165) is 33.5 Å². The highest BCUT2D eigenvalue weighted by Crippen LogP contribution is 2.33. The third-order valence-electron chi connectivity index (χ3n) is 5.63. The first-order valence-corrected chi connectivity index (χ1v) is 13.8. The number of hydrogen-bond donors (Lipinski definition) is 1. The maximum absolute atomic E-state index is 13.4. The van der Waals surface area contributed by atoms with Crippen LogP contribution in [0.15, 0.2) is 64.8 Å². The molecule has 226 valence electrons. The predicted molar refractivity (Wildman–Crippen MR) is 140 cm³/mol. The Morgan fingerprint density at radius 3 is 2.38 bits per heavy atom. The number of hydrazine groups is 1. The van der Waals surface area contributed by atoms with Crippen LogP contribution in [0, 0.1) is 12.1 Å². The molecule has 0 bridgehead atoms. The van der Waals surface area contributed by atoms with Crippen LogP contribution in [0.4, 0.5) is 13.2 Å². The first-order valence-electron chi connectivity index (χ1n) is 12.3. The molecule has 0 aliphatic heterocycles. The summed E-state index contributed by atoms with van der Waals surface area (Å²) in [4.78, 5) is 27.4. The molecule has 1 aromatic heterocycles. The minimum Gasteiger partial charge on any atom is -0.569 e. The number of benzene rings is 2. The number of carbonyl (C=O) groups is 2. The van der Waals surface area contributed by atoms with Crippen LogP contribution in [0.3, 0.4) is 0 Å². The lowest BCUT2D eigenvalue weighted by molar-refractivity contribution is -0.706. The van der Waals surface area contributed by atoms with Crippen LogP contribution in [0.25, 0.3) is 16.9 Å². The summed E-state index contributed by atoms with van der Waals surface area (Å²) < 4.78 is 73.2. The van der Waals surface area contributed by atoms with Crippen LogP contribution in [-0.2, 0) is 35.4 Å². The first-order chi connectivity index (χ1) is 19.7. The fourth-order valence-electron chi connectivity index (χ4n) is 3.35. The molecule has 0 unspecified atom stereocenters. The van der Waals surface area contributed by atoms with E-state index in [1.807, 2.05) is 11.6 Å². The number of halogens is 3. The van der Waals surface area contributed by atoms with Gasteiger partial charge in [0.2, 0.25) is 11.2 Å². The summed E-state index contributed by atoms with van der Waals surface area (Å²) in [6.45, 7) is 2.55. The zero-order valence-electron chi connectivity index (χ0n) is 22.7. The van der Waals surface area contributed by atoms with Gasteiger partial charge in [-0.3, -0.25) is 9.59 Å². The highest BCUT2D eigenvalue weighted by atomic mass is 32.2. The lowest BCUT2D eigenvalue weighted by Gasteiger charge is -2.13. The van der Waals surface area contributed by atoms with Crippen molar-refractivity contribution in [2.45, 2.75) is 37.8 Å². The van der Waals surface area contributed by atoms with Gasteiger partial charge in [0.15, 0.2) is 5.69 Å². The van der Waals surface area contributed by atoms with Gasteiger partial charge in [-0.25, -0.2) is 17.8 Å². The molecule has 13 nitrogen and oxygen atoms in total. The second kappa shape index (κ2) is 13.3. The molecule has 1 N–H and O–H groups in total. The maximum Gasteiger partial charge on any atom is 0.435 e. The van der Waals surface area contributed by atoms with E-state index >= 15 is 0 Å². The van der Waals surface area contributed by atoms with Crippen LogP contribution in [0.5, 0.6) is 0 Å². The van der Waals surface area contributed by atoms with E-state index < -0.39 is 47.0 Å². The number of aromatic nitrogens is 2. The van der Waals surface area contributed by atoms with Crippen molar-refractivity contribution in [2.24, 2.45) is 5.28 Å². The molecular formula is C25H27F3N6O7S. The minimum absolute atomic E-state index is 0.0232. The topological polar surface area (TPSA) is 158 Å². The standard InChI is InChI=1S/C25H27F3N6O7S/c1-4-24(36)40-16-41-31-34(37)32(3)14-13-23(35)30-42(38,39)20-11-9-19(10-12-20)33-21(15-22(29-33)25(26,27)28)18-7-5-17(2)6-8-18/h5-12,15H,4,13-14,16H2,1-3H3,(H,30,35). The van der Waals surface area contributed by atoms with Crippen molar-refractivity contribution in [3.8, 4) is 16.9 Å². The van der Waals surface area contributed by atoms with Gasteiger partial charge in [-0.05, 0) is 37.3 Å². The van der Waals surface area contributed by atoms with Crippen LogP contribution < -0.4 is 4.72 Å². The first kappa shape index (κ1) is 31.9. The summed E-state index contributed by atoms with van der Waals surface area (Å²) in [7, 11) is -3.10. The Labute approximate surface area is 238 Å². The second-order valence-electron chi connectivity index (χ2n) is 8.80. The molecule has 0 atom stereocenters. The van der Waals surface area contributed by atoms with E-state index in [1.54, 1.807) is 31.2 Å². The average molecular weight is 613 g/mol. The Bertz CT molecular complexity index is 1540. The van der Waals surface area contributed by atoms with E-state index in [4.69, 9.17) is 0 Å². The van der Waals surface area contributed by atoms with Crippen LogP contribution in [0.1, 0.15) is 31.0 Å².